The van der Waals surface area contributed by atoms with Crippen LogP contribution in [0.5, 0.6) is 0 Å². The summed E-state index contributed by atoms with van der Waals surface area (Å²) in [4.78, 5) is 2.51. The molecule has 1 saturated heterocycles. The van der Waals surface area contributed by atoms with Gasteiger partial charge in [-0.15, -0.1) is 0 Å². The molecule has 0 aliphatic carbocycles. The zero-order valence-corrected chi connectivity index (χ0v) is 11.1. The molecule has 0 amide bonds. The van der Waals surface area contributed by atoms with Crippen molar-refractivity contribution >= 4 is 0 Å². The van der Waals surface area contributed by atoms with E-state index in [1.807, 2.05) is 6.92 Å². The number of nitrogens with two attached hydrogens (primary N) is 1. The molecule has 0 radical (unpaired) electrons. The first-order valence-corrected chi connectivity index (χ1v) is 6.61. The molecule has 0 saturated carbocycles. The van der Waals surface area contributed by atoms with Crippen molar-refractivity contribution < 1.29 is 5.11 Å². The average molecular weight is 228 g/mol. The molecule has 3 nitrogen and oxygen atoms in total. The predicted octanol–water partition coefficient (Wildman–Crippen LogP) is 1.60. The number of rotatable bonds is 4. The first-order chi connectivity index (χ1) is 7.44. The largest absolute Gasteiger partial charge is 0.389 e. The van der Waals surface area contributed by atoms with Crippen LogP contribution in [0.3, 0.4) is 0 Å². The van der Waals surface area contributed by atoms with E-state index in [1.165, 1.54) is 32.4 Å². The maximum Gasteiger partial charge on any atom is 0.0756 e. The van der Waals surface area contributed by atoms with Crippen LogP contribution in [0.25, 0.3) is 0 Å². The van der Waals surface area contributed by atoms with E-state index in [0.29, 0.717) is 12.6 Å². The summed E-state index contributed by atoms with van der Waals surface area (Å²) in [7, 11) is 0. The standard InChI is InChI=1S/C13H28N2O/c1-11-5-4-7-15(8-6-11)12(2)9-13(3,16)10-14/h11-12,16H,4-10,14H2,1-3H3. The van der Waals surface area contributed by atoms with Crippen LogP contribution in [0.15, 0.2) is 0 Å². The van der Waals surface area contributed by atoms with Crippen LogP contribution in [-0.4, -0.2) is 41.3 Å². The molecule has 0 bridgehead atoms. The van der Waals surface area contributed by atoms with Crippen LogP contribution in [0.1, 0.15) is 46.5 Å². The SMILES string of the molecule is CC1CCCN(C(C)CC(C)(O)CN)CC1. The van der Waals surface area contributed by atoms with Crippen molar-refractivity contribution in [3.8, 4) is 0 Å². The molecule has 96 valence electrons. The van der Waals surface area contributed by atoms with Crippen LogP contribution in [0, 0.1) is 5.92 Å². The summed E-state index contributed by atoms with van der Waals surface area (Å²) in [6.07, 6.45) is 4.69. The van der Waals surface area contributed by atoms with E-state index in [2.05, 4.69) is 18.7 Å². The monoisotopic (exact) mass is 228 g/mol. The van der Waals surface area contributed by atoms with E-state index in [0.717, 1.165) is 12.3 Å². The molecular weight excluding hydrogens is 200 g/mol. The molecule has 0 spiro atoms. The second kappa shape index (κ2) is 5.99. The zero-order chi connectivity index (χ0) is 12.2. The Bertz CT molecular complexity index is 206. The molecule has 3 heteroatoms. The highest BCUT2D eigenvalue weighted by atomic mass is 16.3. The molecule has 1 aliphatic rings. The Morgan fingerprint density at radius 2 is 2.12 bits per heavy atom. The number of hydrogen-bond acceptors (Lipinski definition) is 3. The van der Waals surface area contributed by atoms with Gasteiger partial charge in [-0.1, -0.05) is 6.92 Å². The lowest BCUT2D eigenvalue weighted by atomic mass is 9.97. The molecule has 1 heterocycles. The van der Waals surface area contributed by atoms with Gasteiger partial charge < -0.3 is 15.7 Å². The molecule has 1 rings (SSSR count). The van der Waals surface area contributed by atoms with Crippen molar-refractivity contribution in [1.82, 2.24) is 4.90 Å². The fraction of sp³-hybridized carbons (Fsp3) is 1.00. The molecule has 1 aliphatic heterocycles. The third-order valence-electron chi connectivity index (χ3n) is 3.85. The van der Waals surface area contributed by atoms with Crippen molar-refractivity contribution in [3.05, 3.63) is 0 Å². The lowest BCUT2D eigenvalue weighted by molar-refractivity contribution is 0.0292. The third kappa shape index (κ3) is 4.40. The molecule has 0 aromatic carbocycles. The fourth-order valence-electron chi connectivity index (χ4n) is 2.57. The van der Waals surface area contributed by atoms with Gasteiger partial charge in [0, 0.05) is 12.6 Å². The molecule has 3 atom stereocenters. The Morgan fingerprint density at radius 1 is 1.44 bits per heavy atom. The summed E-state index contributed by atoms with van der Waals surface area (Å²) in [6, 6.07) is 0.434. The summed E-state index contributed by atoms with van der Waals surface area (Å²) in [6.45, 7) is 9.07. The van der Waals surface area contributed by atoms with Crippen LogP contribution in [-0.2, 0) is 0 Å². The van der Waals surface area contributed by atoms with Gasteiger partial charge in [-0.2, -0.15) is 0 Å². The minimum atomic E-state index is -0.711. The topological polar surface area (TPSA) is 49.5 Å². The van der Waals surface area contributed by atoms with Gasteiger partial charge in [0.2, 0.25) is 0 Å². The van der Waals surface area contributed by atoms with Crippen LogP contribution >= 0.6 is 0 Å². The van der Waals surface area contributed by atoms with Crippen molar-refractivity contribution in [3.63, 3.8) is 0 Å². The Hall–Kier alpha value is -0.120. The van der Waals surface area contributed by atoms with E-state index in [9.17, 15) is 5.11 Å². The lowest BCUT2D eigenvalue weighted by Gasteiger charge is -2.33. The van der Waals surface area contributed by atoms with Gasteiger partial charge in [0.1, 0.15) is 0 Å². The Labute approximate surface area is 100 Å². The average Bonchev–Trinajstić information content (AvgIpc) is 2.42. The number of aliphatic hydroxyl groups is 1. The van der Waals surface area contributed by atoms with Crippen LogP contribution in [0.4, 0.5) is 0 Å². The summed E-state index contributed by atoms with van der Waals surface area (Å²) < 4.78 is 0. The van der Waals surface area contributed by atoms with E-state index < -0.39 is 5.60 Å². The van der Waals surface area contributed by atoms with Crippen molar-refractivity contribution in [2.75, 3.05) is 19.6 Å². The number of nitrogens with zero attached hydrogens (tertiary/aromatic N) is 1. The highest BCUT2D eigenvalue weighted by molar-refractivity contribution is 4.82. The van der Waals surface area contributed by atoms with Crippen molar-refractivity contribution in [1.29, 1.82) is 0 Å². The molecule has 1 fully saturated rings. The summed E-state index contributed by atoms with van der Waals surface area (Å²) >= 11 is 0. The van der Waals surface area contributed by atoms with Gasteiger partial charge in [0.15, 0.2) is 0 Å². The van der Waals surface area contributed by atoms with Gasteiger partial charge in [0.25, 0.3) is 0 Å². The van der Waals surface area contributed by atoms with Gasteiger partial charge in [-0.25, -0.2) is 0 Å². The molecule has 0 aromatic rings. The van der Waals surface area contributed by atoms with Gasteiger partial charge in [-0.05, 0) is 58.5 Å². The zero-order valence-electron chi connectivity index (χ0n) is 11.1. The van der Waals surface area contributed by atoms with Gasteiger partial charge in [-0.3, -0.25) is 0 Å². The van der Waals surface area contributed by atoms with E-state index in [4.69, 9.17) is 5.73 Å². The van der Waals surface area contributed by atoms with Crippen molar-refractivity contribution in [2.24, 2.45) is 11.7 Å². The van der Waals surface area contributed by atoms with Crippen LogP contribution in [0.2, 0.25) is 0 Å². The van der Waals surface area contributed by atoms with E-state index >= 15 is 0 Å². The summed E-state index contributed by atoms with van der Waals surface area (Å²) in [5.74, 6) is 0.854. The fourth-order valence-corrected chi connectivity index (χ4v) is 2.57. The normalized spacial score (nSPS) is 29.4. The Morgan fingerprint density at radius 3 is 2.75 bits per heavy atom. The summed E-state index contributed by atoms with van der Waals surface area (Å²) in [5, 5.41) is 9.99. The minimum Gasteiger partial charge on any atom is -0.389 e. The highest BCUT2D eigenvalue weighted by Crippen LogP contribution is 2.21. The van der Waals surface area contributed by atoms with E-state index in [-0.39, 0.29) is 0 Å². The Balaban J connectivity index is 2.43. The molecule has 0 aromatic heterocycles. The van der Waals surface area contributed by atoms with Gasteiger partial charge in [0.05, 0.1) is 5.60 Å². The maximum absolute atomic E-state index is 9.99. The quantitative estimate of drug-likeness (QED) is 0.768. The lowest BCUT2D eigenvalue weighted by Crippen LogP contribution is -2.43. The second-order valence-corrected chi connectivity index (χ2v) is 5.83. The predicted molar refractivity (Wildman–Crippen MR) is 68.3 cm³/mol. The molecule has 3 unspecified atom stereocenters. The number of likely N-dealkylation sites (tertiary alicyclic amines) is 1. The first kappa shape index (κ1) is 13.9. The molecule has 16 heavy (non-hydrogen) atoms. The molecule has 3 N–H and O–H groups in total. The first-order valence-electron chi connectivity index (χ1n) is 6.61. The highest BCUT2D eigenvalue weighted by Gasteiger charge is 2.26. The van der Waals surface area contributed by atoms with Crippen molar-refractivity contribution in [2.45, 2.75) is 58.1 Å². The number of hydrogen-bond donors (Lipinski definition) is 2. The summed E-state index contributed by atoms with van der Waals surface area (Å²) in [5.41, 5.74) is 4.86. The van der Waals surface area contributed by atoms with Crippen LogP contribution < -0.4 is 5.73 Å². The maximum atomic E-state index is 9.99. The minimum absolute atomic E-state index is 0.349. The Kier molecular flexibility index (Phi) is 5.22. The smallest absolute Gasteiger partial charge is 0.0756 e. The van der Waals surface area contributed by atoms with E-state index in [1.54, 1.807) is 0 Å². The third-order valence-corrected chi connectivity index (χ3v) is 3.85. The van der Waals surface area contributed by atoms with Gasteiger partial charge >= 0.3 is 0 Å². The molecular formula is C13H28N2O. The second-order valence-electron chi connectivity index (χ2n) is 5.83.